The number of aryl methyl sites for hydroxylation is 1. The van der Waals surface area contributed by atoms with Crippen LogP contribution in [0.4, 0.5) is 8.78 Å². The highest BCUT2D eigenvalue weighted by atomic mass is 19.1. The third-order valence-electron chi connectivity index (χ3n) is 4.23. The number of hydrogen-bond donors (Lipinski definition) is 0. The maximum Gasteiger partial charge on any atom is 0.276 e. The SMILES string of the molecule is CN(C)C[C@@H]1OCCN(C(=O)c2ncc(F)cc2F)[C@H]1c1cnn(C)c1. The molecule has 1 amide bonds. The van der Waals surface area contributed by atoms with Crippen LogP contribution in [0.1, 0.15) is 22.1 Å². The Morgan fingerprint density at radius 2 is 2.15 bits per heavy atom. The molecular formula is C17H21F2N5O2. The first-order chi connectivity index (χ1) is 12.4. The molecule has 0 aliphatic carbocycles. The number of carbonyl (C=O) groups is 1. The average molecular weight is 365 g/mol. The van der Waals surface area contributed by atoms with E-state index in [1.165, 1.54) is 4.90 Å². The van der Waals surface area contributed by atoms with E-state index in [-0.39, 0.29) is 12.6 Å². The van der Waals surface area contributed by atoms with Gasteiger partial charge < -0.3 is 14.5 Å². The molecule has 140 valence electrons. The predicted octanol–water partition coefficient (Wildman–Crippen LogP) is 1.24. The van der Waals surface area contributed by atoms with Crippen LogP contribution in [0.25, 0.3) is 0 Å². The largest absolute Gasteiger partial charge is 0.373 e. The van der Waals surface area contributed by atoms with Gasteiger partial charge in [0.25, 0.3) is 5.91 Å². The van der Waals surface area contributed by atoms with E-state index in [4.69, 9.17) is 4.74 Å². The summed E-state index contributed by atoms with van der Waals surface area (Å²) in [5, 5.41) is 4.17. The van der Waals surface area contributed by atoms with Crippen LogP contribution in [-0.2, 0) is 11.8 Å². The molecule has 2 atom stereocenters. The van der Waals surface area contributed by atoms with Gasteiger partial charge >= 0.3 is 0 Å². The standard InChI is InChI=1S/C17H21F2N5O2/c1-22(2)10-14-16(11-7-21-23(3)9-11)24(4-5-26-14)17(25)15-13(19)6-12(18)8-20-15/h6-9,14,16H,4-5,10H2,1-3H3/t14-,16-/m0/s1. The minimum atomic E-state index is -0.976. The number of rotatable bonds is 4. The molecule has 3 rings (SSSR count). The maximum absolute atomic E-state index is 14.1. The Labute approximate surface area is 150 Å². The van der Waals surface area contributed by atoms with Gasteiger partial charge in [0.1, 0.15) is 5.82 Å². The Hall–Kier alpha value is -2.39. The molecular weight excluding hydrogens is 344 g/mol. The Morgan fingerprint density at radius 1 is 1.38 bits per heavy atom. The molecule has 0 spiro atoms. The Balaban J connectivity index is 1.97. The summed E-state index contributed by atoms with van der Waals surface area (Å²) in [6, 6.07) is 0.218. The molecule has 0 bridgehead atoms. The molecule has 1 aliphatic heterocycles. The van der Waals surface area contributed by atoms with Crippen molar-refractivity contribution in [2.45, 2.75) is 12.1 Å². The summed E-state index contributed by atoms with van der Waals surface area (Å²) in [7, 11) is 5.60. The molecule has 0 aromatic carbocycles. The molecule has 0 N–H and O–H groups in total. The summed E-state index contributed by atoms with van der Waals surface area (Å²) in [5.41, 5.74) is 0.390. The van der Waals surface area contributed by atoms with Gasteiger partial charge in [0.2, 0.25) is 0 Å². The van der Waals surface area contributed by atoms with Crippen molar-refractivity contribution in [1.29, 1.82) is 0 Å². The van der Waals surface area contributed by atoms with Crippen LogP contribution in [0.3, 0.4) is 0 Å². The number of morpholine rings is 1. The van der Waals surface area contributed by atoms with Crippen molar-refractivity contribution in [2.75, 3.05) is 33.8 Å². The summed E-state index contributed by atoms with van der Waals surface area (Å²) in [6.45, 7) is 1.17. The van der Waals surface area contributed by atoms with Gasteiger partial charge in [0.15, 0.2) is 11.5 Å². The zero-order valence-corrected chi connectivity index (χ0v) is 14.9. The molecule has 1 saturated heterocycles. The van der Waals surface area contributed by atoms with Crippen LogP contribution in [0.15, 0.2) is 24.7 Å². The fourth-order valence-corrected chi connectivity index (χ4v) is 3.17. The molecule has 0 saturated carbocycles. The number of ether oxygens (including phenoxy) is 1. The lowest BCUT2D eigenvalue weighted by atomic mass is 10.00. The predicted molar refractivity (Wildman–Crippen MR) is 89.4 cm³/mol. The van der Waals surface area contributed by atoms with Gasteiger partial charge in [0, 0.05) is 38.0 Å². The molecule has 3 heterocycles. The van der Waals surface area contributed by atoms with E-state index in [9.17, 15) is 13.6 Å². The van der Waals surface area contributed by atoms with Crippen LogP contribution >= 0.6 is 0 Å². The molecule has 9 heteroatoms. The van der Waals surface area contributed by atoms with Gasteiger partial charge in [-0.2, -0.15) is 5.10 Å². The van der Waals surface area contributed by atoms with E-state index < -0.39 is 29.3 Å². The van der Waals surface area contributed by atoms with Crippen molar-refractivity contribution in [2.24, 2.45) is 7.05 Å². The molecule has 0 radical (unpaired) electrons. The number of halogens is 2. The number of likely N-dealkylation sites (N-methyl/N-ethyl adjacent to an activating group) is 1. The van der Waals surface area contributed by atoms with Crippen molar-refractivity contribution >= 4 is 5.91 Å². The maximum atomic E-state index is 14.1. The summed E-state index contributed by atoms with van der Waals surface area (Å²) in [5.74, 6) is -2.39. The minimum absolute atomic E-state index is 0.279. The van der Waals surface area contributed by atoms with E-state index in [2.05, 4.69) is 10.1 Å². The zero-order chi connectivity index (χ0) is 18.8. The van der Waals surface area contributed by atoms with Crippen molar-refractivity contribution in [3.63, 3.8) is 0 Å². The van der Waals surface area contributed by atoms with Crippen molar-refractivity contribution in [3.8, 4) is 0 Å². The van der Waals surface area contributed by atoms with Crippen LogP contribution in [0.2, 0.25) is 0 Å². The van der Waals surface area contributed by atoms with Crippen molar-refractivity contribution < 1.29 is 18.3 Å². The summed E-state index contributed by atoms with van der Waals surface area (Å²) in [4.78, 5) is 20.1. The monoisotopic (exact) mass is 365 g/mol. The number of nitrogens with zero attached hydrogens (tertiary/aromatic N) is 5. The van der Waals surface area contributed by atoms with Crippen LogP contribution in [0, 0.1) is 11.6 Å². The van der Waals surface area contributed by atoms with E-state index in [0.717, 1.165) is 11.8 Å². The Kier molecular flexibility index (Phi) is 5.28. The lowest BCUT2D eigenvalue weighted by Gasteiger charge is -2.41. The van der Waals surface area contributed by atoms with E-state index in [0.29, 0.717) is 19.2 Å². The summed E-state index contributed by atoms with van der Waals surface area (Å²) in [6.07, 6.45) is 4.00. The second-order valence-corrected chi connectivity index (χ2v) is 6.55. The van der Waals surface area contributed by atoms with Gasteiger partial charge in [-0.25, -0.2) is 13.8 Å². The van der Waals surface area contributed by atoms with Crippen molar-refractivity contribution in [3.05, 3.63) is 47.5 Å². The number of pyridine rings is 1. The van der Waals surface area contributed by atoms with E-state index in [1.807, 2.05) is 19.0 Å². The number of aromatic nitrogens is 3. The van der Waals surface area contributed by atoms with E-state index >= 15 is 0 Å². The van der Waals surface area contributed by atoms with Crippen LogP contribution < -0.4 is 0 Å². The molecule has 26 heavy (non-hydrogen) atoms. The highest BCUT2D eigenvalue weighted by molar-refractivity contribution is 5.93. The number of hydrogen-bond acceptors (Lipinski definition) is 5. The fraction of sp³-hybridized carbons (Fsp3) is 0.471. The Bertz CT molecular complexity index is 795. The first-order valence-corrected chi connectivity index (χ1v) is 8.23. The average Bonchev–Trinajstić information content (AvgIpc) is 2.99. The second kappa shape index (κ2) is 7.46. The second-order valence-electron chi connectivity index (χ2n) is 6.55. The highest BCUT2D eigenvalue weighted by Crippen LogP contribution is 2.31. The summed E-state index contributed by atoms with van der Waals surface area (Å²) < 4.78 is 34.7. The van der Waals surface area contributed by atoms with E-state index in [1.54, 1.807) is 24.1 Å². The number of amides is 1. The highest BCUT2D eigenvalue weighted by Gasteiger charge is 2.38. The first-order valence-electron chi connectivity index (χ1n) is 8.23. The van der Waals surface area contributed by atoms with Crippen LogP contribution in [-0.4, -0.2) is 70.4 Å². The summed E-state index contributed by atoms with van der Waals surface area (Å²) >= 11 is 0. The quantitative estimate of drug-likeness (QED) is 0.816. The molecule has 2 aromatic heterocycles. The first kappa shape index (κ1) is 18.4. The lowest BCUT2D eigenvalue weighted by Crippen LogP contribution is -2.51. The van der Waals surface area contributed by atoms with Gasteiger partial charge in [-0.05, 0) is 14.1 Å². The normalized spacial score (nSPS) is 20.6. The zero-order valence-electron chi connectivity index (χ0n) is 14.9. The van der Waals surface area contributed by atoms with Gasteiger partial charge in [-0.3, -0.25) is 9.48 Å². The van der Waals surface area contributed by atoms with Crippen molar-refractivity contribution in [1.82, 2.24) is 24.6 Å². The minimum Gasteiger partial charge on any atom is -0.373 e. The third kappa shape index (κ3) is 3.73. The van der Waals surface area contributed by atoms with Crippen LogP contribution in [0.5, 0.6) is 0 Å². The van der Waals surface area contributed by atoms with Gasteiger partial charge in [-0.15, -0.1) is 0 Å². The molecule has 1 fully saturated rings. The Morgan fingerprint density at radius 3 is 2.77 bits per heavy atom. The lowest BCUT2D eigenvalue weighted by molar-refractivity contribution is -0.0687. The fourth-order valence-electron chi connectivity index (χ4n) is 3.17. The molecule has 1 aliphatic rings. The topological polar surface area (TPSA) is 63.5 Å². The molecule has 0 unspecified atom stereocenters. The molecule has 7 nitrogen and oxygen atoms in total. The van der Waals surface area contributed by atoms with Gasteiger partial charge in [-0.1, -0.05) is 0 Å². The smallest absolute Gasteiger partial charge is 0.276 e. The third-order valence-corrected chi connectivity index (χ3v) is 4.23. The number of carbonyl (C=O) groups excluding carboxylic acids is 1. The molecule has 2 aromatic rings. The van der Waals surface area contributed by atoms with Gasteiger partial charge in [0.05, 0.1) is 31.1 Å².